The SMILES string of the molecule is C#Cc1c(F)ccc2cc(OCOC)cc(Cn3cnc4c(SCc5ccc(C(C)(C)C)cc5)nc(N5CCOCC(=O)C5)nc43)c12. The molecular formula is C36H36FN5O4S. The van der Waals surface area contributed by atoms with Crippen molar-refractivity contribution in [1.82, 2.24) is 19.5 Å². The van der Waals surface area contributed by atoms with Crippen LogP contribution in [0.15, 0.2) is 59.9 Å². The maximum Gasteiger partial charge on any atom is 0.229 e. The molecule has 11 heteroatoms. The largest absolute Gasteiger partial charge is 0.468 e. The van der Waals surface area contributed by atoms with Crippen molar-refractivity contribution in [2.45, 2.75) is 43.5 Å². The Balaban J connectivity index is 1.43. The highest BCUT2D eigenvalue weighted by Gasteiger charge is 2.23. The number of ether oxygens (including phenoxy) is 3. The Hall–Kier alpha value is -4.50. The van der Waals surface area contributed by atoms with Crippen molar-refractivity contribution in [2.24, 2.45) is 0 Å². The number of thioether (sulfide) groups is 1. The molecule has 1 aliphatic rings. The van der Waals surface area contributed by atoms with E-state index in [4.69, 9.17) is 35.6 Å². The van der Waals surface area contributed by atoms with Crippen LogP contribution in [0.2, 0.25) is 0 Å². The first-order chi connectivity index (χ1) is 22.6. The zero-order chi connectivity index (χ0) is 33.1. The van der Waals surface area contributed by atoms with Gasteiger partial charge in [-0.3, -0.25) is 4.79 Å². The van der Waals surface area contributed by atoms with Crippen LogP contribution in [0.3, 0.4) is 0 Å². The number of hydrogen-bond acceptors (Lipinski definition) is 9. The lowest BCUT2D eigenvalue weighted by atomic mass is 9.87. The average molecular weight is 654 g/mol. The van der Waals surface area contributed by atoms with Crippen molar-refractivity contribution >= 4 is 45.4 Å². The van der Waals surface area contributed by atoms with Gasteiger partial charge < -0.3 is 23.7 Å². The molecule has 0 atom stereocenters. The van der Waals surface area contributed by atoms with Crippen LogP contribution in [-0.4, -0.2) is 65.5 Å². The minimum Gasteiger partial charge on any atom is -0.468 e. The van der Waals surface area contributed by atoms with Gasteiger partial charge in [-0.2, -0.15) is 4.98 Å². The van der Waals surface area contributed by atoms with Gasteiger partial charge >= 0.3 is 0 Å². The number of carbonyl (C=O) groups excluding carboxylic acids is 1. The van der Waals surface area contributed by atoms with Gasteiger partial charge in [0.25, 0.3) is 0 Å². The first-order valence-corrected chi connectivity index (χ1v) is 16.3. The molecule has 0 radical (unpaired) electrons. The molecule has 3 heterocycles. The summed E-state index contributed by atoms with van der Waals surface area (Å²) in [5, 5.41) is 2.04. The van der Waals surface area contributed by atoms with Gasteiger partial charge in [0.2, 0.25) is 5.95 Å². The van der Waals surface area contributed by atoms with E-state index in [0.717, 1.165) is 16.5 Å². The Morgan fingerprint density at radius 1 is 1.13 bits per heavy atom. The quantitative estimate of drug-likeness (QED) is 0.0807. The van der Waals surface area contributed by atoms with Gasteiger partial charge in [-0.25, -0.2) is 14.4 Å². The first kappa shape index (κ1) is 32.4. The van der Waals surface area contributed by atoms with Gasteiger partial charge in [-0.15, -0.1) is 6.42 Å². The van der Waals surface area contributed by atoms with Crippen molar-refractivity contribution < 1.29 is 23.4 Å². The number of methoxy groups -OCH3 is 1. The van der Waals surface area contributed by atoms with Crippen molar-refractivity contribution in [3.63, 3.8) is 0 Å². The Bertz CT molecular complexity index is 1980. The molecule has 5 aromatic rings. The molecule has 1 fully saturated rings. The third-order valence-electron chi connectivity index (χ3n) is 7.98. The number of terminal acetylenes is 1. The molecule has 0 amide bonds. The van der Waals surface area contributed by atoms with Crippen LogP contribution in [0.1, 0.15) is 43.0 Å². The second-order valence-corrected chi connectivity index (χ2v) is 13.4. The number of fused-ring (bicyclic) bond motifs is 2. The smallest absolute Gasteiger partial charge is 0.229 e. The minimum atomic E-state index is -0.478. The molecule has 2 aromatic heterocycles. The van der Waals surface area contributed by atoms with E-state index in [1.54, 1.807) is 31.3 Å². The third kappa shape index (κ3) is 7.10. The highest BCUT2D eigenvalue weighted by Crippen LogP contribution is 2.34. The van der Waals surface area contributed by atoms with E-state index in [9.17, 15) is 9.18 Å². The summed E-state index contributed by atoms with van der Waals surface area (Å²) in [6.07, 6.45) is 7.50. The normalized spacial score (nSPS) is 14.0. The monoisotopic (exact) mass is 653 g/mol. The highest BCUT2D eigenvalue weighted by molar-refractivity contribution is 7.98. The van der Waals surface area contributed by atoms with Crippen molar-refractivity contribution in [1.29, 1.82) is 0 Å². The van der Waals surface area contributed by atoms with E-state index in [2.05, 4.69) is 51.0 Å². The van der Waals surface area contributed by atoms with Gasteiger partial charge in [-0.1, -0.05) is 68.8 Å². The molecular weight excluding hydrogens is 617 g/mol. The van der Waals surface area contributed by atoms with Gasteiger partial charge in [0.15, 0.2) is 18.2 Å². The van der Waals surface area contributed by atoms with E-state index < -0.39 is 5.82 Å². The predicted octanol–water partition coefficient (Wildman–Crippen LogP) is 6.13. The molecule has 1 saturated heterocycles. The summed E-state index contributed by atoms with van der Waals surface area (Å²) in [5.74, 6) is 3.64. The zero-order valence-corrected chi connectivity index (χ0v) is 27.7. The standard InChI is InChI=1S/C36H36FN5O4S/c1-6-29-30(37)12-9-24-15-28(46-22-44-5)16-25(31(24)29)17-42-21-38-32-33(42)39-35(41-13-14-45-19-27(43)18-41)40-34(32)47-20-23-7-10-26(11-8-23)36(2,3)4/h1,7-12,15-16,21H,13-14,17-20,22H2,2-5H3. The molecule has 0 bridgehead atoms. The summed E-state index contributed by atoms with van der Waals surface area (Å²) in [6, 6.07) is 15.3. The number of nitrogens with zero attached hydrogens (tertiary/aromatic N) is 5. The van der Waals surface area contributed by atoms with Crippen molar-refractivity contribution in [3.05, 3.63) is 82.9 Å². The van der Waals surface area contributed by atoms with E-state index in [1.807, 2.05) is 21.6 Å². The van der Waals surface area contributed by atoms with Crippen LogP contribution in [0.5, 0.6) is 5.75 Å². The Morgan fingerprint density at radius 3 is 2.68 bits per heavy atom. The number of imidazole rings is 1. The molecule has 0 saturated carbocycles. The van der Waals surface area contributed by atoms with Crippen molar-refractivity contribution in [3.8, 4) is 18.1 Å². The number of rotatable bonds is 9. The summed E-state index contributed by atoms with van der Waals surface area (Å²) >= 11 is 1.56. The number of Topliss-reactive ketones (excluding diaryl/α,β-unsaturated/α-hetero) is 1. The molecule has 0 unspecified atom stereocenters. The number of hydrogen-bond donors (Lipinski definition) is 0. The Labute approximate surface area is 277 Å². The zero-order valence-electron chi connectivity index (χ0n) is 26.9. The minimum absolute atomic E-state index is 0.0453. The number of carbonyl (C=O) groups is 1. The van der Waals surface area contributed by atoms with Crippen LogP contribution in [0.4, 0.5) is 10.3 Å². The fourth-order valence-corrected chi connectivity index (χ4v) is 6.47. The summed E-state index contributed by atoms with van der Waals surface area (Å²) in [4.78, 5) is 28.9. The van der Waals surface area contributed by atoms with Gasteiger partial charge in [0, 0.05) is 24.8 Å². The molecule has 6 rings (SSSR count). The molecule has 9 nitrogen and oxygen atoms in total. The van der Waals surface area contributed by atoms with Crippen LogP contribution in [0.25, 0.3) is 21.9 Å². The Morgan fingerprint density at radius 2 is 1.94 bits per heavy atom. The fourth-order valence-electron chi connectivity index (χ4n) is 5.54. The van der Waals surface area contributed by atoms with E-state index in [1.165, 1.54) is 11.6 Å². The van der Waals surface area contributed by atoms with E-state index in [0.29, 0.717) is 52.2 Å². The van der Waals surface area contributed by atoms with E-state index >= 15 is 0 Å². The van der Waals surface area contributed by atoms with Crippen LogP contribution < -0.4 is 9.64 Å². The third-order valence-corrected chi connectivity index (χ3v) is 9.02. The highest BCUT2D eigenvalue weighted by atomic mass is 32.2. The van der Waals surface area contributed by atoms with Gasteiger partial charge in [-0.05, 0) is 45.7 Å². The lowest BCUT2D eigenvalue weighted by Crippen LogP contribution is -2.31. The fraction of sp³-hybridized carbons (Fsp3) is 0.333. The topological polar surface area (TPSA) is 91.6 Å². The van der Waals surface area contributed by atoms with Crippen LogP contribution >= 0.6 is 11.8 Å². The summed E-state index contributed by atoms with van der Waals surface area (Å²) in [6.45, 7) is 7.97. The van der Waals surface area contributed by atoms with Gasteiger partial charge in [0.05, 0.1) is 31.6 Å². The number of ketones is 1. The lowest BCUT2D eigenvalue weighted by Gasteiger charge is -2.20. The maximum atomic E-state index is 14.9. The summed E-state index contributed by atoms with van der Waals surface area (Å²) < 4.78 is 33.2. The molecule has 3 aromatic carbocycles. The predicted molar refractivity (Wildman–Crippen MR) is 182 cm³/mol. The molecule has 0 N–H and O–H groups in total. The summed E-state index contributed by atoms with van der Waals surface area (Å²) in [5.41, 5.74) is 4.59. The van der Waals surface area contributed by atoms with Gasteiger partial charge in [0.1, 0.15) is 28.7 Å². The molecule has 0 spiro atoms. The number of halogens is 1. The Kier molecular flexibility index (Phi) is 9.45. The molecule has 242 valence electrons. The maximum absolute atomic E-state index is 14.9. The first-order valence-electron chi connectivity index (χ1n) is 15.3. The number of benzene rings is 3. The number of anilines is 1. The second kappa shape index (κ2) is 13.7. The average Bonchev–Trinajstić information content (AvgIpc) is 3.32. The van der Waals surface area contributed by atoms with Crippen LogP contribution in [0, 0.1) is 18.2 Å². The van der Waals surface area contributed by atoms with Crippen molar-refractivity contribution in [2.75, 3.05) is 45.1 Å². The number of aromatic nitrogens is 4. The molecule has 47 heavy (non-hydrogen) atoms. The lowest BCUT2D eigenvalue weighted by molar-refractivity contribution is -0.121. The van der Waals surface area contributed by atoms with E-state index in [-0.39, 0.29) is 43.3 Å². The molecule has 0 aliphatic carbocycles. The second-order valence-electron chi connectivity index (χ2n) is 12.4. The summed E-state index contributed by atoms with van der Waals surface area (Å²) in [7, 11) is 1.54. The van der Waals surface area contributed by atoms with Crippen LogP contribution in [-0.2, 0) is 32.0 Å². The molecule has 1 aliphatic heterocycles.